The summed E-state index contributed by atoms with van der Waals surface area (Å²) in [6.07, 6.45) is 4.88. The summed E-state index contributed by atoms with van der Waals surface area (Å²) >= 11 is 0. The maximum atomic E-state index is 4.81. The van der Waals surface area contributed by atoms with Crippen LogP contribution in [-0.2, 0) is 18.6 Å². The molecule has 0 amide bonds. The SMILES string of the molecule is CC[C@H](C)N(Cc1ccncc1)Cc1c(C)nn(C(C)(C)C)c1C. The zero-order chi connectivity index (χ0) is 17.9. The zero-order valence-corrected chi connectivity index (χ0v) is 16.3. The van der Waals surface area contributed by atoms with Gasteiger partial charge in [0, 0.05) is 42.8 Å². The van der Waals surface area contributed by atoms with Crippen molar-refractivity contribution in [2.45, 2.75) is 79.6 Å². The van der Waals surface area contributed by atoms with E-state index in [0.29, 0.717) is 6.04 Å². The van der Waals surface area contributed by atoms with Crippen LogP contribution in [-0.4, -0.2) is 25.7 Å². The van der Waals surface area contributed by atoms with E-state index in [1.165, 1.54) is 16.8 Å². The average molecular weight is 329 g/mol. The molecule has 2 aromatic rings. The van der Waals surface area contributed by atoms with Crippen molar-refractivity contribution >= 4 is 0 Å². The van der Waals surface area contributed by atoms with Crippen LogP contribution in [0.3, 0.4) is 0 Å². The second-order valence-corrected chi connectivity index (χ2v) is 7.75. The van der Waals surface area contributed by atoms with Gasteiger partial charge in [0.25, 0.3) is 0 Å². The van der Waals surface area contributed by atoms with Gasteiger partial charge in [-0.1, -0.05) is 6.92 Å². The van der Waals surface area contributed by atoms with Crippen LogP contribution >= 0.6 is 0 Å². The molecule has 0 saturated heterocycles. The highest BCUT2D eigenvalue weighted by molar-refractivity contribution is 5.25. The first kappa shape index (κ1) is 18.7. The predicted octanol–water partition coefficient (Wildman–Crippen LogP) is 4.45. The Morgan fingerprint density at radius 2 is 1.75 bits per heavy atom. The fraction of sp³-hybridized carbons (Fsp3) is 0.600. The molecule has 0 unspecified atom stereocenters. The van der Waals surface area contributed by atoms with Gasteiger partial charge >= 0.3 is 0 Å². The molecular formula is C20H32N4. The van der Waals surface area contributed by atoms with Crippen molar-refractivity contribution in [2.24, 2.45) is 0 Å². The summed E-state index contributed by atoms with van der Waals surface area (Å²) in [7, 11) is 0. The first-order valence-corrected chi connectivity index (χ1v) is 8.92. The topological polar surface area (TPSA) is 34.0 Å². The van der Waals surface area contributed by atoms with Gasteiger partial charge in [-0.05, 0) is 65.7 Å². The molecule has 4 nitrogen and oxygen atoms in total. The van der Waals surface area contributed by atoms with E-state index in [4.69, 9.17) is 5.10 Å². The van der Waals surface area contributed by atoms with Crippen LogP contribution in [0.5, 0.6) is 0 Å². The van der Waals surface area contributed by atoms with E-state index in [0.717, 1.165) is 25.2 Å². The molecule has 0 aliphatic heterocycles. The molecule has 0 N–H and O–H groups in total. The average Bonchev–Trinajstić information content (AvgIpc) is 2.82. The van der Waals surface area contributed by atoms with Gasteiger partial charge < -0.3 is 0 Å². The summed E-state index contributed by atoms with van der Waals surface area (Å²) in [5.41, 5.74) is 5.11. The molecular weight excluding hydrogens is 296 g/mol. The van der Waals surface area contributed by atoms with Gasteiger partial charge in [-0.25, -0.2) is 0 Å². The molecule has 0 aliphatic carbocycles. The Hall–Kier alpha value is -1.68. The van der Waals surface area contributed by atoms with Gasteiger partial charge in [0.05, 0.1) is 11.2 Å². The minimum atomic E-state index is 0.0133. The first-order valence-electron chi connectivity index (χ1n) is 8.92. The third-order valence-electron chi connectivity index (χ3n) is 4.79. The molecule has 0 spiro atoms. The number of nitrogens with zero attached hydrogens (tertiary/aromatic N) is 4. The van der Waals surface area contributed by atoms with Crippen LogP contribution in [0.2, 0.25) is 0 Å². The number of pyridine rings is 1. The molecule has 2 heterocycles. The number of aromatic nitrogens is 3. The van der Waals surface area contributed by atoms with Crippen molar-refractivity contribution in [3.05, 3.63) is 47.0 Å². The van der Waals surface area contributed by atoms with E-state index < -0.39 is 0 Å². The Morgan fingerprint density at radius 3 is 2.25 bits per heavy atom. The Morgan fingerprint density at radius 1 is 1.12 bits per heavy atom. The number of aryl methyl sites for hydroxylation is 1. The van der Waals surface area contributed by atoms with Gasteiger partial charge in [-0.2, -0.15) is 5.10 Å². The van der Waals surface area contributed by atoms with Crippen molar-refractivity contribution in [3.63, 3.8) is 0 Å². The first-order chi connectivity index (χ1) is 11.2. The molecule has 0 aliphatic rings. The Bertz CT molecular complexity index is 652. The highest BCUT2D eigenvalue weighted by atomic mass is 15.3. The molecule has 2 aromatic heterocycles. The largest absolute Gasteiger partial charge is 0.292 e. The van der Waals surface area contributed by atoms with Gasteiger partial charge in [-0.15, -0.1) is 0 Å². The zero-order valence-electron chi connectivity index (χ0n) is 16.3. The summed E-state index contributed by atoms with van der Waals surface area (Å²) in [4.78, 5) is 6.67. The minimum absolute atomic E-state index is 0.0133. The summed E-state index contributed by atoms with van der Waals surface area (Å²) in [6.45, 7) is 17.4. The normalized spacial score (nSPS) is 13.5. The maximum Gasteiger partial charge on any atom is 0.0641 e. The smallest absolute Gasteiger partial charge is 0.0641 e. The van der Waals surface area contributed by atoms with E-state index in [2.05, 4.69) is 75.2 Å². The molecule has 4 heteroatoms. The van der Waals surface area contributed by atoms with Crippen molar-refractivity contribution in [3.8, 4) is 0 Å². The van der Waals surface area contributed by atoms with Crippen molar-refractivity contribution in [1.82, 2.24) is 19.7 Å². The molecule has 0 saturated carbocycles. The van der Waals surface area contributed by atoms with Crippen molar-refractivity contribution in [1.29, 1.82) is 0 Å². The summed E-state index contributed by atoms with van der Waals surface area (Å²) in [5.74, 6) is 0. The lowest BCUT2D eigenvalue weighted by atomic mass is 10.1. The maximum absolute atomic E-state index is 4.81. The van der Waals surface area contributed by atoms with Gasteiger partial charge in [0.2, 0.25) is 0 Å². The minimum Gasteiger partial charge on any atom is -0.292 e. The number of hydrogen-bond acceptors (Lipinski definition) is 3. The van der Waals surface area contributed by atoms with Gasteiger partial charge in [0.15, 0.2) is 0 Å². The molecule has 2 rings (SSSR count). The van der Waals surface area contributed by atoms with Crippen molar-refractivity contribution in [2.75, 3.05) is 0 Å². The molecule has 0 fully saturated rings. The quantitative estimate of drug-likeness (QED) is 0.785. The van der Waals surface area contributed by atoms with E-state index in [1.807, 2.05) is 12.4 Å². The van der Waals surface area contributed by atoms with Crippen molar-refractivity contribution < 1.29 is 0 Å². The highest BCUT2D eigenvalue weighted by Gasteiger charge is 2.23. The molecule has 1 atom stereocenters. The molecule has 0 radical (unpaired) electrons. The summed E-state index contributed by atoms with van der Waals surface area (Å²) < 4.78 is 2.17. The van der Waals surface area contributed by atoms with Crippen LogP contribution in [0, 0.1) is 13.8 Å². The molecule has 24 heavy (non-hydrogen) atoms. The van der Waals surface area contributed by atoms with Crippen LogP contribution in [0.4, 0.5) is 0 Å². The number of rotatable bonds is 6. The molecule has 0 aromatic carbocycles. The van der Waals surface area contributed by atoms with Gasteiger partial charge in [-0.3, -0.25) is 14.6 Å². The third kappa shape index (κ3) is 4.23. The van der Waals surface area contributed by atoms with Crippen LogP contribution in [0.25, 0.3) is 0 Å². The van der Waals surface area contributed by atoms with E-state index in [-0.39, 0.29) is 5.54 Å². The van der Waals surface area contributed by atoms with E-state index in [9.17, 15) is 0 Å². The Balaban J connectivity index is 2.29. The second kappa shape index (κ2) is 7.47. The van der Waals surface area contributed by atoms with E-state index >= 15 is 0 Å². The monoisotopic (exact) mass is 328 g/mol. The molecule has 0 bridgehead atoms. The Kier molecular flexibility index (Phi) is 5.81. The molecule has 132 valence electrons. The highest BCUT2D eigenvalue weighted by Crippen LogP contribution is 2.24. The number of hydrogen-bond donors (Lipinski definition) is 0. The second-order valence-electron chi connectivity index (χ2n) is 7.75. The lowest BCUT2D eigenvalue weighted by Crippen LogP contribution is -2.32. The van der Waals surface area contributed by atoms with Crippen LogP contribution in [0.15, 0.2) is 24.5 Å². The standard InChI is InChI=1S/C20H32N4/c1-8-15(2)23(13-18-9-11-21-12-10-18)14-19-16(3)22-24(17(19)4)20(5,6)7/h9-12,15H,8,13-14H2,1-7H3/t15-/m0/s1. The lowest BCUT2D eigenvalue weighted by molar-refractivity contribution is 0.185. The fourth-order valence-corrected chi connectivity index (χ4v) is 3.11. The van der Waals surface area contributed by atoms with Gasteiger partial charge in [0.1, 0.15) is 0 Å². The third-order valence-corrected chi connectivity index (χ3v) is 4.79. The fourth-order valence-electron chi connectivity index (χ4n) is 3.11. The summed E-state index contributed by atoms with van der Waals surface area (Å²) in [6, 6.07) is 4.73. The predicted molar refractivity (Wildman–Crippen MR) is 99.9 cm³/mol. The van der Waals surface area contributed by atoms with Crippen LogP contribution in [0.1, 0.15) is 63.6 Å². The summed E-state index contributed by atoms with van der Waals surface area (Å²) in [5, 5.41) is 4.81. The van der Waals surface area contributed by atoms with E-state index in [1.54, 1.807) is 0 Å². The van der Waals surface area contributed by atoms with Crippen LogP contribution < -0.4 is 0 Å². The lowest BCUT2D eigenvalue weighted by Gasteiger charge is -2.29. The Labute approximate surface area is 146 Å².